The Balaban J connectivity index is 1.67. The molecule has 2 fully saturated rings. The predicted molar refractivity (Wildman–Crippen MR) is 71.3 cm³/mol. The molecule has 0 bridgehead atoms. The van der Waals surface area contributed by atoms with Crippen molar-refractivity contribution in [3.05, 3.63) is 0 Å². The van der Waals surface area contributed by atoms with Crippen molar-refractivity contribution in [1.29, 1.82) is 0 Å². The highest BCUT2D eigenvalue weighted by Gasteiger charge is 2.25. The number of piperidine rings is 1. The Labute approximate surface area is 106 Å². The Morgan fingerprint density at radius 3 is 2.88 bits per heavy atom. The molecule has 2 saturated heterocycles. The number of hydrogen-bond donors (Lipinski definition) is 1. The lowest BCUT2D eigenvalue weighted by Crippen LogP contribution is -2.48. The van der Waals surface area contributed by atoms with E-state index in [-0.39, 0.29) is 0 Å². The summed E-state index contributed by atoms with van der Waals surface area (Å²) in [6.45, 7) is 9.15. The van der Waals surface area contributed by atoms with Crippen LogP contribution in [0.15, 0.2) is 0 Å². The van der Waals surface area contributed by atoms with Crippen molar-refractivity contribution in [2.75, 3.05) is 26.2 Å². The molecule has 2 heterocycles. The van der Waals surface area contributed by atoms with Crippen molar-refractivity contribution in [3.8, 4) is 0 Å². The molecule has 3 heteroatoms. The summed E-state index contributed by atoms with van der Waals surface area (Å²) in [6.07, 6.45) is 6.94. The molecule has 0 aromatic carbocycles. The van der Waals surface area contributed by atoms with Gasteiger partial charge in [-0.3, -0.25) is 0 Å². The first kappa shape index (κ1) is 13.3. The second-order valence-corrected chi connectivity index (χ2v) is 5.59. The molecule has 0 aliphatic carbocycles. The molecular weight excluding hydrogens is 212 g/mol. The molecule has 3 atom stereocenters. The number of hydrogen-bond acceptors (Lipinski definition) is 3. The Morgan fingerprint density at radius 1 is 1.35 bits per heavy atom. The van der Waals surface area contributed by atoms with E-state index < -0.39 is 0 Å². The Kier molecular flexibility index (Phi) is 5.26. The zero-order chi connectivity index (χ0) is 12.1. The molecule has 3 nitrogen and oxygen atoms in total. The van der Waals surface area contributed by atoms with Crippen LogP contribution < -0.4 is 5.32 Å². The molecule has 0 aromatic rings. The van der Waals surface area contributed by atoms with Crippen LogP contribution in [0.1, 0.15) is 46.0 Å². The van der Waals surface area contributed by atoms with Gasteiger partial charge in [-0.2, -0.15) is 0 Å². The molecule has 2 rings (SSSR count). The van der Waals surface area contributed by atoms with Crippen LogP contribution in [0, 0.1) is 0 Å². The number of ether oxygens (including phenoxy) is 1. The van der Waals surface area contributed by atoms with Crippen molar-refractivity contribution >= 4 is 0 Å². The van der Waals surface area contributed by atoms with Gasteiger partial charge < -0.3 is 15.0 Å². The van der Waals surface area contributed by atoms with E-state index in [4.69, 9.17) is 4.74 Å². The minimum atomic E-state index is 0.550. The third kappa shape index (κ3) is 3.94. The van der Waals surface area contributed by atoms with Gasteiger partial charge in [0.1, 0.15) is 0 Å². The van der Waals surface area contributed by atoms with Crippen LogP contribution in [0.5, 0.6) is 0 Å². The van der Waals surface area contributed by atoms with E-state index in [1.54, 1.807) is 0 Å². The van der Waals surface area contributed by atoms with Gasteiger partial charge in [-0.05, 0) is 52.1 Å². The second kappa shape index (κ2) is 6.72. The summed E-state index contributed by atoms with van der Waals surface area (Å²) < 4.78 is 5.70. The second-order valence-electron chi connectivity index (χ2n) is 5.59. The topological polar surface area (TPSA) is 24.5 Å². The molecule has 0 aromatic heterocycles. The van der Waals surface area contributed by atoms with Crippen LogP contribution in [0.4, 0.5) is 0 Å². The molecule has 0 saturated carbocycles. The van der Waals surface area contributed by atoms with Crippen molar-refractivity contribution in [1.82, 2.24) is 10.2 Å². The van der Waals surface area contributed by atoms with Crippen molar-refractivity contribution < 1.29 is 4.74 Å². The summed E-state index contributed by atoms with van der Waals surface area (Å²) in [4.78, 5) is 2.65. The summed E-state index contributed by atoms with van der Waals surface area (Å²) in [5, 5.41) is 3.58. The maximum absolute atomic E-state index is 5.70. The van der Waals surface area contributed by atoms with Crippen molar-refractivity contribution in [2.24, 2.45) is 0 Å². The van der Waals surface area contributed by atoms with Crippen LogP contribution in [0.25, 0.3) is 0 Å². The first-order valence-electron chi connectivity index (χ1n) is 7.38. The monoisotopic (exact) mass is 240 g/mol. The number of nitrogens with one attached hydrogen (secondary N) is 1. The van der Waals surface area contributed by atoms with Crippen molar-refractivity contribution in [3.63, 3.8) is 0 Å². The normalized spacial score (nSPS) is 35.3. The van der Waals surface area contributed by atoms with Crippen LogP contribution in [0.2, 0.25) is 0 Å². The van der Waals surface area contributed by atoms with Crippen LogP contribution in [0.3, 0.4) is 0 Å². The SMILES string of the molecule is CCNC1CCN(CCC2CCCO2)C(C)C1. The summed E-state index contributed by atoms with van der Waals surface area (Å²) in [6, 6.07) is 1.48. The molecule has 2 aliphatic heterocycles. The summed E-state index contributed by atoms with van der Waals surface area (Å²) in [5.74, 6) is 0. The van der Waals surface area contributed by atoms with Gasteiger partial charge in [0.05, 0.1) is 6.10 Å². The van der Waals surface area contributed by atoms with E-state index >= 15 is 0 Å². The summed E-state index contributed by atoms with van der Waals surface area (Å²) in [7, 11) is 0. The van der Waals surface area contributed by atoms with E-state index in [0.717, 1.165) is 25.2 Å². The first-order chi connectivity index (χ1) is 8.29. The van der Waals surface area contributed by atoms with E-state index in [1.807, 2.05) is 0 Å². The Hall–Kier alpha value is -0.120. The van der Waals surface area contributed by atoms with Crippen LogP contribution >= 0.6 is 0 Å². The lowest BCUT2D eigenvalue weighted by Gasteiger charge is -2.38. The highest BCUT2D eigenvalue weighted by molar-refractivity contribution is 4.83. The van der Waals surface area contributed by atoms with E-state index in [1.165, 1.54) is 45.2 Å². The number of likely N-dealkylation sites (tertiary alicyclic amines) is 1. The lowest BCUT2D eigenvalue weighted by atomic mass is 9.97. The van der Waals surface area contributed by atoms with Gasteiger partial charge in [0.15, 0.2) is 0 Å². The standard InChI is InChI=1S/C14H28N2O/c1-3-15-13-6-8-16(12(2)11-13)9-7-14-5-4-10-17-14/h12-15H,3-11H2,1-2H3. The lowest BCUT2D eigenvalue weighted by molar-refractivity contribution is 0.0736. The van der Waals surface area contributed by atoms with Crippen molar-refractivity contribution in [2.45, 2.75) is 64.1 Å². The molecule has 17 heavy (non-hydrogen) atoms. The summed E-state index contributed by atoms with van der Waals surface area (Å²) >= 11 is 0. The molecule has 2 aliphatic rings. The minimum absolute atomic E-state index is 0.550. The average Bonchev–Trinajstić information content (AvgIpc) is 2.81. The average molecular weight is 240 g/mol. The van der Waals surface area contributed by atoms with Gasteiger partial charge in [-0.1, -0.05) is 6.92 Å². The smallest absolute Gasteiger partial charge is 0.0588 e. The molecule has 3 unspecified atom stereocenters. The largest absolute Gasteiger partial charge is 0.378 e. The fraction of sp³-hybridized carbons (Fsp3) is 1.00. The van der Waals surface area contributed by atoms with Gasteiger partial charge in [0, 0.05) is 25.2 Å². The quantitative estimate of drug-likeness (QED) is 0.795. The van der Waals surface area contributed by atoms with E-state index in [9.17, 15) is 0 Å². The Bertz CT molecular complexity index is 216. The van der Waals surface area contributed by atoms with Crippen LogP contribution in [-0.2, 0) is 4.74 Å². The summed E-state index contributed by atoms with van der Waals surface area (Å²) in [5.41, 5.74) is 0. The van der Waals surface area contributed by atoms with Crippen LogP contribution in [-0.4, -0.2) is 49.3 Å². The maximum atomic E-state index is 5.70. The number of rotatable bonds is 5. The molecular formula is C14H28N2O. The first-order valence-corrected chi connectivity index (χ1v) is 7.38. The third-order valence-corrected chi connectivity index (χ3v) is 4.27. The zero-order valence-electron chi connectivity index (χ0n) is 11.5. The van der Waals surface area contributed by atoms with E-state index in [2.05, 4.69) is 24.1 Å². The molecule has 0 amide bonds. The number of nitrogens with zero attached hydrogens (tertiary/aromatic N) is 1. The maximum Gasteiger partial charge on any atom is 0.0588 e. The third-order valence-electron chi connectivity index (χ3n) is 4.27. The zero-order valence-corrected chi connectivity index (χ0v) is 11.5. The highest BCUT2D eigenvalue weighted by atomic mass is 16.5. The predicted octanol–water partition coefficient (Wildman–Crippen LogP) is 2.02. The highest BCUT2D eigenvalue weighted by Crippen LogP contribution is 2.20. The van der Waals surface area contributed by atoms with E-state index in [0.29, 0.717) is 6.10 Å². The van der Waals surface area contributed by atoms with Gasteiger partial charge in [-0.15, -0.1) is 0 Å². The molecule has 0 spiro atoms. The van der Waals surface area contributed by atoms with Gasteiger partial charge in [0.25, 0.3) is 0 Å². The van der Waals surface area contributed by atoms with Gasteiger partial charge in [-0.25, -0.2) is 0 Å². The fourth-order valence-corrected chi connectivity index (χ4v) is 3.21. The molecule has 1 N–H and O–H groups in total. The molecule has 100 valence electrons. The fourth-order valence-electron chi connectivity index (χ4n) is 3.21. The Morgan fingerprint density at radius 2 is 2.24 bits per heavy atom. The van der Waals surface area contributed by atoms with Gasteiger partial charge >= 0.3 is 0 Å². The minimum Gasteiger partial charge on any atom is -0.378 e. The molecule has 0 radical (unpaired) electrons. The van der Waals surface area contributed by atoms with Gasteiger partial charge in [0.2, 0.25) is 0 Å².